The van der Waals surface area contributed by atoms with Crippen LogP contribution in [0.4, 0.5) is 4.39 Å². The molecule has 234 valence electrons. The second kappa shape index (κ2) is 12.1. The number of hydrogen-bond acceptors (Lipinski definition) is 6. The van der Waals surface area contributed by atoms with Crippen LogP contribution in [0.15, 0.2) is 24.3 Å². The lowest BCUT2D eigenvalue weighted by molar-refractivity contribution is -0.144. The highest BCUT2D eigenvalue weighted by Gasteiger charge is 2.54. The van der Waals surface area contributed by atoms with Crippen LogP contribution in [0.3, 0.4) is 0 Å². The molecule has 2 saturated heterocycles. The number of aliphatic hydroxyl groups is 1. The van der Waals surface area contributed by atoms with Crippen molar-refractivity contribution in [1.82, 2.24) is 25.8 Å². The van der Waals surface area contributed by atoms with Crippen LogP contribution < -0.4 is 16.0 Å². The fourth-order valence-corrected chi connectivity index (χ4v) is 6.05. The Morgan fingerprint density at radius 1 is 1.19 bits per heavy atom. The maximum Gasteiger partial charge on any atom is 0.268 e. The number of aliphatic hydroxyl groups excluding tert-OH is 1. The van der Waals surface area contributed by atoms with E-state index in [-0.39, 0.29) is 35.9 Å². The van der Waals surface area contributed by atoms with Crippen LogP contribution in [0.1, 0.15) is 64.9 Å². The Balaban J connectivity index is 1.60. The summed E-state index contributed by atoms with van der Waals surface area (Å²) in [5, 5.41) is 18.1. The third-order valence-electron chi connectivity index (χ3n) is 9.08. The molecule has 5 N–H and O–H groups in total. The van der Waals surface area contributed by atoms with Gasteiger partial charge in [0.05, 0.1) is 6.04 Å². The number of halogens is 1. The van der Waals surface area contributed by atoms with E-state index in [1.54, 1.807) is 26.8 Å². The first-order valence-electron chi connectivity index (χ1n) is 14.7. The average molecular weight is 600 g/mol. The van der Waals surface area contributed by atoms with Gasteiger partial charge in [0.1, 0.15) is 30.2 Å². The number of carbonyl (C=O) groups excluding carboxylic acids is 5. The van der Waals surface area contributed by atoms with E-state index in [0.717, 1.165) is 0 Å². The molecule has 43 heavy (non-hydrogen) atoms. The molecule has 1 aromatic carbocycles. The SMILES string of the molecule is C[C@@H]1CN(C(=O)[C@@H](NC(=O)c2cc3c(F)cccc3[nH]2)C(C)(C)C)[C@H](C(=O)N[C@@H](C[C@@H]2CCNC2=O)C(=O)CO)C1(C)C. The molecule has 2 fully saturated rings. The Morgan fingerprint density at radius 2 is 1.88 bits per heavy atom. The molecule has 0 bridgehead atoms. The van der Waals surface area contributed by atoms with Gasteiger partial charge in [0.25, 0.3) is 5.91 Å². The molecular weight excluding hydrogens is 557 g/mol. The van der Waals surface area contributed by atoms with Gasteiger partial charge in [-0.2, -0.15) is 0 Å². The van der Waals surface area contributed by atoms with Gasteiger partial charge < -0.3 is 30.9 Å². The van der Waals surface area contributed by atoms with Crippen LogP contribution in [-0.4, -0.2) is 82.2 Å². The van der Waals surface area contributed by atoms with E-state index in [2.05, 4.69) is 20.9 Å². The Hall–Kier alpha value is -3.80. The number of hydrogen-bond donors (Lipinski definition) is 5. The molecule has 0 unspecified atom stereocenters. The van der Waals surface area contributed by atoms with Gasteiger partial charge >= 0.3 is 0 Å². The monoisotopic (exact) mass is 599 g/mol. The van der Waals surface area contributed by atoms with Crippen molar-refractivity contribution < 1.29 is 33.5 Å². The zero-order valence-electron chi connectivity index (χ0n) is 25.5. The van der Waals surface area contributed by atoms with Crippen LogP contribution in [0.5, 0.6) is 0 Å². The van der Waals surface area contributed by atoms with Crippen molar-refractivity contribution in [2.45, 2.75) is 72.5 Å². The summed E-state index contributed by atoms with van der Waals surface area (Å²) in [4.78, 5) is 70.6. The van der Waals surface area contributed by atoms with Crippen LogP contribution in [0.2, 0.25) is 0 Å². The second-order valence-corrected chi connectivity index (χ2v) is 13.5. The quantitative estimate of drug-likeness (QED) is 0.296. The summed E-state index contributed by atoms with van der Waals surface area (Å²) in [6.07, 6.45) is 0.551. The molecule has 2 aliphatic heterocycles. The Labute approximate surface area is 250 Å². The number of aromatic nitrogens is 1. The normalized spacial score (nSPS) is 23.1. The summed E-state index contributed by atoms with van der Waals surface area (Å²) >= 11 is 0. The van der Waals surface area contributed by atoms with Gasteiger partial charge in [0, 0.05) is 29.9 Å². The lowest BCUT2D eigenvalue weighted by Gasteiger charge is -2.38. The number of Topliss-reactive ketones (excluding diaryl/α,β-unsaturated/α-hetero) is 1. The Bertz CT molecular complexity index is 1430. The highest BCUT2D eigenvalue weighted by molar-refractivity contribution is 6.01. The summed E-state index contributed by atoms with van der Waals surface area (Å²) < 4.78 is 14.3. The van der Waals surface area contributed by atoms with Crippen LogP contribution in [0, 0.1) is 28.5 Å². The zero-order chi connectivity index (χ0) is 31.9. The van der Waals surface area contributed by atoms with E-state index in [1.807, 2.05) is 20.8 Å². The van der Waals surface area contributed by atoms with Crippen LogP contribution in [0.25, 0.3) is 10.9 Å². The first-order valence-corrected chi connectivity index (χ1v) is 14.7. The minimum absolute atomic E-state index is 0.0411. The number of ketones is 1. The van der Waals surface area contributed by atoms with Crippen molar-refractivity contribution in [1.29, 1.82) is 0 Å². The molecule has 4 rings (SSSR count). The lowest BCUT2D eigenvalue weighted by Crippen LogP contribution is -2.60. The van der Waals surface area contributed by atoms with Gasteiger partial charge in [0.15, 0.2) is 5.78 Å². The third kappa shape index (κ3) is 6.43. The van der Waals surface area contributed by atoms with Crippen molar-refractivity contribution in [3.63, 3.8) is 0 Å². The molecular formula is C31H42FN5O6. The fourth-order valence-electron chi connectivity index (χ4n) is 6.05. The van der Waals surface area contributed by atoms with E-state index < -0.39 is 70.8 Å². The van der Waals surface area contributed by atoms with E-state index in [0.29, 0.717) is 18.5 Å². The molecule has 2 aliphatic rings. The van der Waals surface area contributed by atoms with Crippen molar-refractivity contribution in [2.24, 2.45) is 22.7 Å². The van der Waals surface area contributed by atoms with Crippen molar-refractivity contribution >= 4 is 40.3 Å². The molecule has 4 amide bonds. The van der Waals surface area contributed by atoms with Gasteiger partial charge in [-0.1, -0.05) is 47.6 Å². The van der Waals surface area contributed by atoms with Gasteiger partial charge in [-0.3, -0.25) is 24.0 Å². The summed E-state index contributed by atoms with van der Waals surface area (Å²) in [7, 11) is 0. The van der Waals surface area contributed by atoms with Crippen molar-refractivity contribution in [2.75, 3.05) is 19.7 Å². The minimum Gasteiger partial charge on any atom is -0.389 e. The molecule has 2 aromatic rings. The predicted octanol–water partition coefficient (Wildman–Crippen LogP) is 1.90. The summed E-state index contributed by atoms with van der Waals surface area (Å²) in [5.74, 6) is -3.55. The molecule has 12 heteroatoms. The Morgan fingerprint density at radius 3 is 2.47 bits per heavy atom. The van der Waals surface area contributed by atoms with E-state index in [9.17, 15) is 33.5 Å². The van der Waals surface area contributed by atoms with E-state index in [4.69, 9.17) is 0 Å². The van der Waals surface area contributed by atoms with Gasteiger partial charge in [0.2, 0.25) is 17.7 Å². The summed E-state index contributed by atoms with van der Waals surface area (Å²) in [6.45, 7) is 10.9. The number of aromatic amines is 1. The minimum atomic E-state index is -1.10. The zero-order valence-corrected chi connectivity index (χ0v) is 25.5. The first-order chi connectivity index (χ1) is 20.1. The number of nitrogens with one attached hydrogen (secondary N) is 4. The number of rotatable bonds is 9. The highest BCUT2D eigenvalue weighted by atomic mass is 19.1. The average Bonchev–Trinajstić information content (AvgIpc) is 3.61. The fraction of sp³-hybridized carbons (Fsp3) is 0.581. The number of carbonyl (C=O) groups is 5. The maximum atomic E-state index is 14.3. The van der Waals surface area contributed by atoms with Gasteiger partial charge in [-0.05, 0) is 47.8 Å². The van der Waals surface area contributed by atoms with E-state index >= 15 is 0 Å². The standard InChI is InChI=1S/C31H42FN5O6/c1-16-14-37(25(31(16,5)6)28(42)35-21(23(39)15-38)12-17-10-11-33-26(17)40)29(43)24(30(2,3)4)36-27(41)22-13-18-19(32)8-7-9-20(18)34-22/h7-9,13,16-17,21,24-25,34,38H,10-12,14-15H2,1-6H3,(H,33,40)(H,35,42)(H,36,41)/t16-,17+,21+,24-,25-/m1/s1. The van der Waals surface area contributed by atoms with Crippen LogP contribution >= 0.6 is 0 Å². The largest absolute Gasteiger partial charge is 0.389 e. The topological polar surface area (TPSA) is 161 Å². The molecule has 0 aliphatic carbocycles. The Kier molecular flexibility index (Phi) is 9.01. The predicted molar refractivity (Wildman–Crippen MR) is 157 cm³/mol. The van der Waals surface area contributed by atoms with Crippen molar-refractivity contribution in [3.05, 3.63) is 35.8 Å². The third-order valence-corrected chi connectivity index (χ3v) is 9.08. The highest BCUT2D eigenvalue weighted by Crippen LogP contribution is 2.42. The van der Waals surface area contributed by atoms with Gasteiger partial charge in [-0.25, -0.2) is 4.39 Å². The number of benzene rings is 1. The molecule has 3 heterocycles. The molecule has 0 saturated carbocycles. The summed E-state index contributed by atoms with van der Waals surface area (Å²) in [5.41, 5.74) is -0.949. The summed E-state index contributed by atoms with van der Waals surface area (Å²) in [6, 6.07) is 2.71. The van der Waals surface area contributed by atoms with E-state index in [1.165, 1.54) is 23.1 Å². The van der Waals surface area contributed by atoms with Crippen LogP contribution in [-0.2, 0) is 19.2 Å². The lowest BCUT2D eigenvalue weighted by atomic mass is 9.77. The number of likely N-dealkylation sites (tertiary alicyclic amines) is 1. The number of nitrogens with zero attached hydrogens (tertiary/aromatic N) is 1. The molecule has 5 atom stereocenters. The number of H-pyrrole nitrogens is 1. The number of fused-ring (bicyclic) bond motifs is 1. The first kappa shape index (κ1) is 32.1. The van der Waals surface area contributed by atoms with Crippen molar-refractivity contribution in [3.8, 4) is 0 Å². The molecule has 0 radical (unpaired) electrons. The van der Waals surface area contributed by atoms with Gasteiger partial charge in [-0.15, -0.1) is 0 Å². The smallest absolute Gasteiger partial charge is 0.268 e. The number of amides is 4. The molecule has 11 nitrogen and oxygen atoms in total. The maximum absolute atomic E-state index is 14.3. The molecule has 0 spiro atoms. The second-order valence-electron chi connectivity index (χ2n) is 13.5. The molecule has 1 aromatic heterocycles.